The van der Waals surface area contributed by atoms with Crippen LogP contribution in [0.15, 0.2) is 78.3 Å². The van der Waals surface area contributed by atoms with Crippen molar-refractivity contribution in [3.8, 4) is 0 Å². The van der Waals surface area contributed by atoms with Crippen molar-refractivity contribution >= 4 is 70.0 Å². The van der Waals surface area contributed by atoms with E-state index in [-0.39, 0.29) is 76.1 Å². The molecule has 3 aliphatic heterocycles. The molecule has 9 amide bonds. The zero-order valence-electron chi connectivity index (χ0n) is 44.2. The summed E-state index contributed by atoms with van der Waals surface area (Å²) in [6.07, 6.45) is 7.18. The van der Waals surface area contributed by atoms with E-state index < -0.39 is 96.0 Å². The number of nitrogens with zero attached hydrogens (tertiary/aromatic N) is 4. The average molecular weight is 1080 g/mol. The first-order valence-corrected chi connectivity index (χ1v) is 26.8. The van der Waals surface area contributed by atoms with Crippen LogP contribution in [0.4, 0.5) is 0 Å². The van der Waals surface area contributed by atoms with Crippen LogP contribution >= 0.6 is 0 Å². The summed E-state index contributed by atoms with van der Waals surface area (Å²) in [5.41, 5.74) is 13.8. The second-order valence-electron chi connectivity index (χ2n) is 20.3. The number of fused-ring (bicyclic) bond motifs is 1. The quantitative estimate of drug-likeness (QED) is 0.0463. The highest BCUT2D eigenvalue weighted by Gasteiger charge is 2.43. The van der Waals surface area contributed by atoms with Gasteiger partial charge in [-0.3, -0.25) is 48.1 Å². The number of guanidine groups is 1. The van der Waals surface area contributed by atoms with Crippen LogP contribution in [0.5, 0.6) is 0 Å². The summed E-state index contributed by atoms with van der Waals surface area (Å²) in [7, 11) is 0. The van der Waals surface area contributed by atoms with Crippen molar-refractivity contribution in [3.05, 3.63) is 90.1 Å². The first-order chi connectivity index (χ1) is 37.5. The molecule has 3 saturated heterocycles. The van der Waals surface area contributed by atoms with E-state index in [0.29, 0.717) is 49.0 Å². The smallest absolute Gasteiger partial charge is 0.246 e. The Bertz CT molecular complexity index is 2780. The zero-order chi connectivity index (χ0) is 55.7. The molecule has 13 N–H and O–H groups in total. The Balaban J connectivity index is 1.26. The van der Waals surface area contributed by atoms with E-state index in [2.05, 4.69) is 57.2 Å². The van der Waals surface area contributed by atoms with Crippen molar-refractivity contribution in [2.24, 2.45) is 16.5 Å². The number of aliphatic imine (C=N–C) groups is 1. The van der Waals surface area contributed by atoms with Crippen molar-refractivity contribution in [1.82, 2.24) is 62.0 Å². The second kappa shape index (κ2) is 27.6. The van der Waals surface area contributed by atoms with Gasteiger partial charge in [0, 0.05) is 87.4 Å². The molecule has 418 valence electrons. The van der Waals surface area contributed by atoms with Gasteiger partial charge in [0.1, 0.15) is 42.3 Å². The zero-order valence-corrected chi connectivity index (χ0v) is 44.2. The minimum absolute atomic E-state index is 0.0153. The Labute approximate surface area is 452 Å². The largest absolute Gasteiger partial charge is 0.370 e. The summed E-state index contributed by atoms with van der Waals surface area (Å²) in [4.78, 5) is 146. The predicted molar refractivity (Wildman–Crippen MR) is 288 cm³/mol. The minimum Gasteiger partial charge on any atom is -0.370 e. The lowest BCUT2D eigenvalue weighted by Crippen LogP contribution is -2.61. The first kappa shape index (κ1) is 57.4. The molecule has 8 atom stereocenters. The number of hydrogen-bond donors (Lipinski definition) is 11. The third-order valence-electron chi connectivity index (χ3n) is 14.4. The fourth-order valence-corrected chi connectivity index (χ4v) is 10.4. The molecule has 2 aromatic carbocycles. The lowest BCUT2D eigenvalue weighted by molar-refractivity contribution is -0.146. The fraction of sp³-hybridized carbons (Fsp3) is 0.500. The van der Waals surface area contributed by atoms with E-state index in [1.165, 1.54) is 24.3 Å². The third kappa shape index (κ3) is 15.9. The van der Waals surface area contributed by atoms with E-state index in [4.69, 9.17) is 11.5 Å². The Morgan fingerprint density at radius 2 is 1.36 bits per heavy atom. The van der Waals surface area contributed by atoms with Crippen LogP contribution in [0.3, 0.4) is 0 Å². The molecule has 0 bridgehead atoms. The van der Waals surface area contributed by atoms with Gasteiger partial charge in [-0.15, -0.1) is 0 Å². The monoisotopic (exact) mass is 1080 g/mol. The maximum absolute atomic E-state index is 15.0. The molecule has 2 aromatic heterocycles. The van der Waals surface area contributed by atoms with Crippen LogP contribution in [-0.4, -0.2) is 158 Å². The molecule has 0 unspecified atom stereocenters. The summed E-state index contributed by atoms with van der Waals surface area (Å²) in [5.74, 6) is -6.02. The Hall–Kier alpha value is -8.31. The molecule has 78 heavy (non-hydrogen) atoms. The molecular formula is C54H73N15O9. The van der Waals surface area contributed by atoms with Crippen LogP contribution in [0.2, 0.25) is 0 Å². The molecule has 0 radical (unpaired) electrons. The van der Waals surface area contributed by atoms with E-state index in [0.717, 1.165) is 23.7 Å². The van der Waals surface area contributed by atoms with Gasteiger partial charge in [-0.2, -0.15) is 0 Å². The molecule has 4 aromatic rings. The number of aromatic nitrogens is 3. The van der Waals surface area contributed by atoms with Gasteiger partial charge in [0.25, 0.3) is 0 Å². The average Bonchev–Trinajstić information content (AvgIpc) is 4.28. The number of H-pyrrole nitrogens is 2. The third-order valence-corrected chi connectivity index (χ3v) is 14.4. The molecule has 3 fully saturated rings. The number of carbonyl (C=O) groups excluding carboxylic acids is 9. The molecule has 0 spiro atoms. The Kier molecular flexibility index (Phi) is 20.3. The van der Waals surface area contributed by atoms with Gasteiger partial charge < -0.3 is 68.5 Å². The van der Waals surface area contributed by atoms with Crippen molar-refractivity contribution in [2.75, 3.05) is 26.2 Å². The number of aromatic amines is 2. The van der Waals surface area contributed by atoms with Crippen LogP contribution in [0.25, 0.3) is 10.9 Å². The number of hydrogen-bond acceptors (Lipinski definition) is 11. The number of carbonyl (C=O) groups is 9. The number of nitrogens with one attached hydrogen (secondary N) is 9. The van der Waals surface area contributed by atoms with Crippen LogP contribution < -0.4 is 48.7 Å². The minimum atomic E-state index is -1.49. The first-order valence-electron chi connectivity index (χ1n) is 26.8. The molecule has 3 aliphatic rings. The van der Waals surface area contributed by atoms with Crippen molar-refractivity contribution in [3.63, 3.8) is 0 Å². The lowest BCUT2D eigenvalue weighted by Gasteiger charge is -2.33. The van der Waals surface area contributed by atoms with Gasteiger partial charge in [-0.05, 0) is 81.9 Å². The van der Waals surface area contributed by atoms with E-state index in [1.807, 2.05) is 31.2 Å². The van der Waals surface area contributed by atoms with E-state index in [9.17, 15) is 38.4 Å². The molecule has 24 heteroatoms. The lowest BCUT2D eigenvalue weighted by atomic mass is 10.0. The number of likely N-dealkylation sites (tertiary alicyclic amines) is 2. The predicted octanol–water partition coefficient (Wildman–Crippen LogP) is -0.407. The molecule has 7 rings (SSSR count). The molecule has 5 heterocycles. The maximum Gasteiger partial charge on any atom is 0.246 e. The number of imidazole rings is 1. The topological polar surface area (TPSA) is 353 Å². The number of nitrogens with two attached hydrogens (primary N) is 2. The number of amides is 9. The van der Waals surface area contributed by atoms with Crippen molar-refractivity contribution in [2.45, 2.75) is 146 Å². The molecule has 0 saturated carbocycles. The van der Waals surface area contributed by atoms with Crippen molar-refractivity contribution < 1.29 is 43.2 Å². The van der Waals surface area contributed by atoms with Gasteiger partial charge in [-0.1, -0.05) is 48.5 Å². The fourth-order valence-electron chi connectivity index (χ4n) is 10.4. The second-order valence-corrected chi connectivity index (χ2v) is 20.3. The summed E-state index contributed by atoms with van der Waals surface area (Å²) >= 11 is 0. The summed E-state index contributed by atoms with van der Waals surface area (Å²) in [5, 5.41) is 20.3. The van der Waals surface area contributed by atoms with Crippen LogP contribution in [0.1, 0.15) is 94.9 Å². The van der Waals surface area contributed by atoms with E-state index >= 15 is 4.79 Å². The molecule has 0 aliphatic carbocycles. The molecular weight excluding hydrogens is 1000 g/mol. The van der Waals surface area contributed by atoms with Crippen LogP contribution in [-0.2, 0) is 62.4 Å². The van der Waals surface area contributed by atoms with Gasteiger partial charge in [0.15, 0.2) is 5.96 Å². The van der Waals surface area contributed by atoms with Crippen molar-refractivity contribution in [1.29, 1.82) is 0 Å². The van der Waals surface area contributed by atoms with Gasteiger partial charge in [0.2, 0.25) is 53.2 Å². The normalized spacial score (nSPS) is 24.5. The highest BCUT2D eigenvalue weighted by molar-refractivity contribution is 5.99. The highest BCUT2D eigenvalue weighted by atomic mass is 16.2. The number of para-hydroxylation sites is 1. The Morgan fingerprint density at radius 3 is 2.06 bits per heavy atom. The SMILES string of the molecule is CC(=O)N[C@H]1CCCCNC(=O)C[C@@H](C(=O)N2CCC[C@H]2C(=O)N2CCC[C@H]2C)NC(=O)[C@H](Cc2c[nH]c3ccccc23)NC(=O)[C@H](CCCN=C(N)N)NC(=O)[C@@H](Cc2ccccc2)NC(=O)[C@H](Cc2cnc[nH]2)NC1=O. The highest BCUT2D eigenvalue weighted by Crippen LogP contribution is 2.26. The summed E-state index contributed by atoms with van der Waals surface area (Å²) in [6, 6.07) is 7.29. The summed E-state index contributed by atoms with van der Waals surface area (Å²) in [6.45, 7) is 4.12. The Morgan fingerprint density at radius 1 is 0.705 bits per heavy atom. The van der Waals surface area contributed by atoms with Crippen LogP contribution in [0, 0.1) is 0 Å². The van der Waals surface area contributed by atoms with Gasteiger partial charge in [-0.25, -0.2) is 4.98 Å². The number of rotatable bonds is 13. The number of benzene rings is 2. The standard InChI is InChI=1S/C54H73N15O9/c1-32-13-11-23-68(32)53(78)45-20-12-24-69(45)52(77)44-28-46(71)58-21-9-8-18-39(62-33(2)70)47(72)66-43(27-36-30-57-31-61-36)51(76)64-41(25-34-14-4-3-5-15-34)49(74)63-40(19-10-22-59-54(55)56)48(73)65-42(50(75)67-44)26-35-29-60-38-17-7-6-16-37(35)38/h3-7,14-17,29-32,39-45,60H,8-13,18-28H2,1-2H3,(H,57,61)(H,58,71)(H,62,70)(H,63,74)(H,64,76)(H,65,73)(H,66,72)(H,67,75)(H4,55,56,59)/t32-,39+,40+,41-,42+,43+,44+,45+/m1/s1. The maximum atomic E-state index is 15.0. The van der Waals surface area contributed by atoms with Gasteiger partial charge >= 0.3 is 0 Å². The van der Waals surface area contributed by atoms with E-state index in [1.54, 1.807) is 41.4 Å². The van der Waals surface area contributed by atoms with Gasteiger partial charge in [0.05, 0.1) is 12.7 Å². The summed E-state index contributed by atoms with van der Waals surface area (Å²) < 4.78 is 0. The molecule has 24 nitrogen and oxygen atoms in total.